The van der Waals surface area contributed by atoms with Crippen molar-refractivity contribution in [3.05, 3.63) is 62.9 Å². The number of hydrogen-bond acceptors (Lipinski definition) is 2. The van der Waals surface area contributed by atoms with Gasteiger partial charge in [0.25, 0.3) is 0 Å². The summed E-state index contributed by atoms with van der Waals surface area (Å²) < 4.78 is 65.8. The molecule has 128 valence electrons. The molecule has 0 aliphatic heterocycles. The first kappa shape index (κ1) is 18.3. The molecule has 2 N–H and O–H groups in total. The van der Waals surface area contributed by atoms with Crippen LogP contribution < -0.4 is 10.9 Å². The SMILES string of the molecule is O=C(Cc1ccc(Cl)cc1Cl)NNc1c(F)c(F)c(F)c(F)c1F. The van der Waals surface area contributed by atoms with Crippen LogP contribution in [0.2, 0.25) is 10.0 Å². The summed E-state index contributed by atoms with van der Waals surface area (Å²) in [5.41, 5.74) is 2.48. The summed E-state index contributed by atoms with van der Waals surface area (Å²) in [5, 5.41) is 0.512. The van der Waals surface area contributed by atoms with E-state index in [0.717, 1.165) is 0 Å². The van der Waals surface area contributed by atoms with E-state index in [-0.39, 0.29) is 11.4 Å². The second kappa shape index (κ2) is 7.23. The third kappa shape index (κ3) is 3.70. The highest BCUT2D eigenvalue weighted by molar-refractivity contribution is 6.35. The third-order valence-electron chi connectivity index (χ3n) is 2.90. The Hall–Kier alpha value is -2.06. The molecule has 24 heavy (non-hydrogen) atoms. The molecular formula is C14H7Cl2F5N2O. The molecule has 0 spiro atoms. The monoisotopic (exact) mass is 384 g/mol. The van der Waals surface area contributed by atoms with Crippen LogP contribution in [0.25, 0.3) is 0 Å². The molecule has 0 heterocycles. The van der Waals surface area contributed by atoms with E-state index < -0.39 is 40.7 Å². The number of carbonyl (C=O) groups is 1. The van der Waals surface area contributed by atoms with Crippen molar-refractivity contribution in [2.75, 3.05) is 5.43 Å². The number of amides is 1. The zero-order chi connectivity index (χ0) is 18.0. The summed E-state index contributed by atoms with van der Waals surface area (Å²) in [4.78, 5) is 11.7. The molecule has 2 aromatic carbocycles. The zero-order valence-electron chi connectivity index (χ0n) is 11.5. The Kier molecular flexibility index (Phi) is 5.51. The van der Waals surface area contributed by atoms with Crippen molar-refractivity contribution in [3.8, 4) is 0 Å². The van der Waals surface area contributed by atoms with E-state index in [0.29, 0.717) is 10.6 Å². The summed E-state index contributed by atoms with van der Waals surface area (Å²) in [6.07, 6.45) is -0.321. The molecule has 10 heteroatoms. The lowest BCUT2D eigenvalue weighted by Gasteiger charge is -2.12. The predicted octanol–water partition coefficient (Wildman–Crippen LogP) is 4.37. The van der Waals surface area contributed by atoms with E-state index in [2.05, 4.69) is 0 Å². The Bertz CT molecular complexity index is 787. The van der Waals surface area contributed by atoms with Gasteiger partial charge in [-0.05, 0) is 17.7 Å². The molecule has 2 rings (SSSR count). The van der Waals surface area contributed by atoms with Gasteiger partial charge in [0.15, 0.2) is 23.3 Å². The molecule has 3 nitrogen and oxygen atoms in total. The second-order valence-corrected chi connectivity index (χ2v) is 5.37. The summed E-state index contributed by atoms with van der Waals surface area (Å²) in [7, 11) is 0. The molecule has 0 unspecified atom stereocenters. The lowest BCUT2D eigenvalue weighted by Crippen LogP contribution is -2.32. The minimum absolute atomic E-state index is 0.175. The molecule has 0 aliphatic carbocycles. The standard InChI is InChI=1S/C14H7Cl2F5N2O/c15-6-2-1-5(7(16)4-6)3-8(24)22-23-14-12(20)10(18)9(17)11(19)13(14)21/h1-2,4,23H,3H2,(H,22,24). The van der Waals surface area contributed by atoms with Crippen LogP contribution >= 0.6 is 23.2 Å². The lowest BCUT2D eigenvalue weighted by atomic mass is 10.1. The fraction of sp³-hybridized carbons (Fsp3) is 0.0714. The van der Waals surface area contributed by atoms with Gasteiger partial charge in [-0.3, -0.25) is 15.6 Å². The number of benzene rings is 2. The molecule has 0 saturated carbocycles. The maximum absolute atomic E-state index is 13.4. The Labute approximate surface area is 142 Å². The molecular weight excluding hydrogens is 378 g/mol. The maximum Gasteiger partial charge on any atom is 0.242 e. The van der Waals surface area contributed by atoms with Crippen molar-refractivity contribution < 1.29 is 26.7 Å². The number of halogens is 7. The van der Waals surface area contributed by atoms with E-state index in [4.69, 9.17) is 23.2 Å². The highest BCUT2D eigenvalue weighted by Gasteiger charge is 2.26. The van der Waals surface area contributed by atoms with Crippen LogP contribution in [-0.2, 0) is 11.2 Å². The van der Waals surface area contributed by atoms with E-state index in [1.807, 2.05) is 5.43 Å². The van der Waals surface area contributed by atoms with E-state index in [1.54, 1.807) is 5.43 Å². The number of carbonyl (C=O) groups excluding carboxylic acids is 1. The molecule has 0 aliphatic rings. The lowest BCUT2D eigenvalue weighted by molar-refractivity contribution is -0.119. The number of anilines is 1. The van der Waals surface area contributed by atoms with Crippen molar-refractivity contribution in [1.29, 1.82) is 0 Å². The topological polar surface area (TPSA) is 41.1 Å². The summed E-state index contributed by atoms with van der Waals surface area (Å²) in [5.74, 6) is -11.6. The van der Waals surface area contributed by atoms with Gasteiger partial charge in [0.2, 0.25) is 11.7 Å². The average molecular weight is 385 g/mol. The minimum Gasteiger partial charge on any atom is -0.293 e. The molecule has 0 radical (unpaired) electrons. The number of rotatable bonds is 4. The van der Waals surface area contributed by atoms with Crippen LogP contribution in [0.4, 0.5) is 27.6 Å². The first-order valence-corrected chi connectivity index (χ1v) is 6.98. The van der Waals surface area contributed by atoms with Crippen LogP contribution in [0, 0.1) is 29.1 Å². The Morgan fingerprint density at radius 2 is 1.46 bits per heavy atom. The summed E-state index contributed by atoms with van der Waals surface area (Å²) in [6.45, 7) is 0. The minimum atomic E-state index is -2.30. The van der Waals surface area contributed by atoms with Crippen LogP contribution in [0.5, 0.6) is 0 Å². The molecule has 2 aromatic rings. The van der Waals surface area contributed by atoms with Crippen molar-refractivity contribution in [3.63, 3.8) is 0 Å². The van der Waals surface area contributed by atoms with Gasteiger partial charge in [0.1, 0.15) is 5.69 Å². The number of hydrogen-bond donors (Lipinski definition) is 2. The van der Waals surface area contributed by atoms with Crippen LogP contribution in [0.1, 0.15) is 5.56 Å². The highest BCUT2D eigenvalue weighted by atomic mass is 35.5. The van der Waals surface area contributed by atoms with Gasteiger partial charge >= 0.3 is 0 Å². The Morgan fingerprint density at radius 1 is 0.917 bits per heavy atom. The molecule has 0 saturated heterocycles. The first-order chi connectivity index (χ1) is 11.2. The van der Waals surface area contributed by atoms with Gasteiger partial charge < -0.3 is 0 Å². The van der Waals surface area contributed by atoms with E-state index >= 15 is 0 Å². The average Bonchev–Trinajstić information content (AvgIpc) is 2.53. The summed E-state index contributed by atoms with van der Waals surface area (Å²) in [6, 6.07) is 4.29. The van der Waals surface area contributed by atoms with Crippen LogP contribution in [0.3, 0.4) is 0 Å². The first-order valence-electron chi connectivity index (χ1n) is 6.22. The Morgan fingerprint density at radius 3 is 2.00 bits per heavy atom. The zero-order valence-corrected chi connectivity index (χ0v) is 13.0. The normalized spacial score (nSPS) is 10.6. The van der Waals surface area contributed by atoms with Crippen molar-refractivity contribution >= 4 is 34.8 Å². The fourth-order valence-electron chi connectivity index (χ4n) is 1.73. The predicted molar refractivity (Wildman–Crippen MR) is 78.2 cm³/mol. The van der Waals surface area contributed by atoms with E-state index in [9.17, 15) is 26.7 Å². The van der Waals surface area contributed by atoms with Gasteiger partial charge in [0.05, 0.1) is 6.42 Å². The fourth-order valence-corrected chi connectivity index (χ4v) is 2.20. The second-order valence-electron chi connectivity index (χ2n) is 4.53. The van der Waals surface area contributed by atoms with Gasteiger partial charge in [-0.2, -0.15) is 0 Å². The molecule has 0 fully saturated rings. The maximum atomic E-state index is 13.4. The number of hydrazine groups is 1. The summed E-state index contributed by atoms with van der Waals surface area (Å²) >= 11 is 11.5. The molecule has 0 aromatic heterocycles. The number of nitrogens with one attached hydrogen (secondary N) is 2. The quantitative estimate of drug-likeness (QED) is 0.355. The van der Waals surface area contributed by atoms with Gasteiger partial charge in [-0.1, -0.05) is 29.3 Å². The van der Waals surface area contributed by atoms with Crippen molar-refractivity contribution in [1.82, 2.24) is 5.43 Å². The van der Waals surface area contributed by atoms with Crippen molar-refractivity contribution in [2.45, 2.75) is 6.42 Å². The molecule has 0 atom stereocenters. The van der Waals surface area contributed by atoms with Crippen molar-refractivity contribution in [2.24, 2.45) is 0 Å². The molecule has 0 bridgehead atoms. The van der Waals surface area contributed by atoms with Gasteiger partial charge in [-0.15, -0.1) is 0 Å². The van der Waals surface area contributed by atoms with Crippen LogP contribution in [-0.4, -0.2) is 5.91 Å². The van der Waals surface area contributed by atoms with Gasteiger partial charge in [0, 0.05) is 10.0 Å². The third-order valence-corrected chi connectivity index (χ3v) is 3.49. The van der Waals surface area contributed by atoms with Gasteiger partial charge in [-0.25, -0.2) is 22.0 Å². The van der Waals surface area contributed by atoms with E-state index in [1.165, 1.54) is 18.2 Å². The molecule has 1 amide bonds. The highest BCUT2D eigenvalue weighted by Crippen LogP contribution is 2.26. The largest absolute Gasteiger partial charge is 0.293 e. The smallest absolute Gasteiger partial charge is 0.242 e. The Balaban J connectivity index is 2.12. The van der Waals surface area contributed by atoms with Crippen LogP contribution in [0.15, 0.2) is 18.2 Å².